The first-order valence-corrected chi connectivity index (χ1v) is 5.25. The van der Waals surface area contributed by atoms with Crippen LogP contribution < -0.4 is 5.32 Å². The molecule has 0 saturated heterocycles. The zero-order valence-corrected chi connectivity index (χ0v) is 9.48. The second-order valence-electron chi connectivity index (χ2n) is 3.33. The molecule has 2 rings (SSSR count). The first-order chi connectivity index (χ1) is 8.18. The van der Waals surface area contributed by atoms with E-state index in [1.807, 2.05) is 6.07 Å². The number of carboxylic acid groups (broad SMARTS) is 1. The minimum Gasteiger partial charge on any atom is -0.478 e. The van der Waals surface area contributed by atoms with Gasteiger partial charge < -0.3 is 10.4 Å². The van der Waals surface area contributed by atoms with Crippen molar-refractivity contribution in [3.05, 3.63) is 53.3 Å². The molecule has 0 saturated carbocycles. The number of para-hydroxylation sites is 1. The number of pyridine rings is 1. The normalized spacial score (nSPS) is 9.94. The van der Waals surface area contributed by atoms with Crippen molar-refractivity contribution in [2.75, 3.05) is 5.32 Å². The molecule has 0 radical (unpaired) electrons. The summed E-state index contributed by atoms with van der Waals surface area (Å²) in [6, 6.07) is 8.71. The van der Waals surface area contributed by atoms with Crippen LogP contribution >= 0.6 is 11.6 Å². The molecule has 0 spiro atoms. The number of nitrogens with zero attached hydrogens (tertiary/aromatic N) is 1. The van der Waals surface area contributed by atoms with Gasteiger partial charge in [-0.1, -0.05) is 23.7 Å². The van der Waals surface area contributed by atoms with Gasteiger partial charge in [-0.15, -0.1) is 0 Å². The Labute approximate surface area is 103 Å². The third kappa shape index (κ3) is 2.54. The maximum Gasteiger partial charge on any atom is 0.339 e. The molecule has 1 heterocycles. The lowest BCUT2D eigenvalue weighted by Crippen LogP contribution is -2.03. The van der Waals surface area contributed by atoms with Gasteiger partial charge in [-0.2, -0.15) is 0 Å². The van der Waals surface area contributed by atoms with E-state index in [-0.39, 0.29) is 5.56 Å². The van der Waals surface area contributed by atoms with Gasteiger partial charge in [0.25, 0.3) is 0 Å². The van der Waals surface area contributed by atoms with Crippen LogP contribution in [0.2, 0.25) is 5.02 Å². The molecule has 0 aliphatic heterocycles. The zero-order chi connectivity index (χ0) is 12.3. The smallest absolute Gasteiger partial charge is 0.339 e. The van der Waals surface area contributed by atoms with Crippen molar-refractivity contribution in [1.82, 2.24) is 4.98 Å². The van der Waals surface area contributed by atoms with E-state index in [9.17, 15) is 4.79 Å². The molecule has 1 aromatic carbocycles. The summed E-state index contributed by atoms with van der Waals surface area (Å²) in [6.45, 7) is 0. The number of aromatic carboxylic acids is 1. The molecule has 4 nitrogen and oxygen atoms in total. The predicted molar refractivity (Wildman–Crippen MR) is 65.9 cm³/mol. The Bertz CT molecular complexity index is 558. The van der Waals surface area contributed by atoms with Crippen LogP contribution in [0.1, 0.15) is 10.4 Å². The Morgan fingerprint density at radius 3 is 2.71 bits per heavy atom. The number of halogens is 1. The van der Waals surface area contributed by atoms with Crippen LogP contribution in [0.5, 0.6) is 0 Å². The number of nitrogens with one attached hydrogen (secondary N) is 1. The molecule has 5 heteroatoms. The van der Waals surface area contributed by atoms with Gasteiger partial charge in [0.05, 0.1) is 16.4 Å². The summed E-state index contributed by atoms with van der Waals surface area (Å²) in [6.07, 6.45) is 2.81. The summed E-state index contributed by atoms with van der Waals surface area (Å²) < 4.78 is 0. The number of anilines is 2. The molecular formula is C12H9ClN2O2. The molecule has 0 atom stereocenters. The van der Waals surface area contributed by atoms with E-state index in [4.69, 9.17) is 16.7 Å². The average Bonchev–Trinajstić information content (AvgIpc) is 2.32. The Morgan fingerprint density at radius 1 is 1.24 bits per heavy atom. The van der Waals surface area contributed by atoms with E-state index in [0.717, 1.165) is 0 Å². The SMILES string of the molecule is O=C(O)c1cnccc1Nc1ccccc1Cl. The highest BCUT2D eigenvalue weighted by molar-refractivity contribution is 6.33. The van der Waals surface area contributed by atoms with Gasteiger partial charge in [-0.05, 0) is 18.2 Å². The molecule has 0 aliphatic carbocycles. The third-order valence-electron chi connectivity index (χ3n) is 2.19. The van der Waals surface area contributed by atoms with Crippen molar-refractivity contribution in [1.29, 1.82) is 0 Å². The summed E-state index contributed by atoms with van der Waals surface area (Å²) in [7, 11) is 0. The first-order valence-electron chi connectivity index (χ1n) is 4.87. The number of carboxylic acids is 1. The molecule has 0 aliphatic rings. The monoisotopic (exact) mass is 248 g/mol. The van der Waals surface area contributed by atoms with E-state index in [2.05, 4.69) is 10.3 Å². The molecule has 2 N–H and O–H groups in total. The number of rotatable bonds is 3. The number of carbonyl (C=O) groups is 1. The fourth-order valence-electron chi connectivity index (χ4n) is 1.38. The van der Waals surface area contributed by atoms with Gasteiger partial charge in [0.15, 0.2) is 0 Å². The number of benzene rings is 1. The lowest BCUT2D eigenvalue weighted by atomic mass is 10.2. The molecule has 0 fully saturated rings. The maximum atomic E-state index is 11.0. The van der Waals surface area contributed by atoms with Crippen molar-refractivity contribution < 1.29 is 9.90 Å². The van der Waals surface area contributed by atoms with Crippen LogP contribution in [0.3, 0.4) is 0 Å². The quantitative estimate of drug-likeness (QED) is 0.876. The second-order valence-corrected chi connectivity index (χ2v) is 3.74. The van der Waals surface area contributed by atoms with E-state index >= 15 is 0 Å². The standard InChI is InChI=1S/C12H9ClN2O2/c13-9-3-1-2-4-11(9)15-10-5-6-14-7-8(10)12(16)17/h1-7H,(H,14,15)(H,16,17). The molecule has 86 valence electrons. The Kier molecular flexibility index (Phi) is 3.25. The molecule has 0 bridgehead atoms. The predicted octanol–water partition coefficient (Wildman–Crippen LogP) is 3.18. The van der Waals surface area contributed by atoms with E-state index < -0.39 is 5.97 Å². The fourth-order valence-corrected chi connectivity index (χ4v) is 1.56. The summed E-state index contributed by atoms with van der Waals surface area (Å²) in [5, 5.41) is 12.5. The van der Waals surface area contributed by atoms with Crippen molar-refractivity contribution in [3.63, 3.8) is 0 Å². The zero-order valence-electron chi connectivity index (χ0n) is 8.72. The molecule has 1 aromatic heterocycles. The Morgan fingerprint density at radius 2 is 2.00 bits per heavy atom. The summed E-state index contributed by atoms with van der Waals surface area (Å²) >= 11 is 5.98. The van der Waals surface area contributed by atoms with Gasteiger partial charge in [0.1, 0.15) is 5.56 Å². The third-order valence-corrected chi connectivity index (χ3v) is 2.52. The lowest BCUT2D eigenvalue weighted by molar-refractivity contribution is 0.0697. The summed E-state index contributed by atoms with van der Waals surface area (Å²) in [5.74, 6) is -1.03. The van der Waals surface area contributed by atoms with Crippen LogP contribution in [0.15, 0.2) is 42.7 Å². The maximum absolute atomic E-state index is 11.0. The van der Waals surface area contributed by atoms with Crippen molar-refractivity contribution in [2.24, 2.45) is 0 Å². The van der Waals surface area contributed by atoms with E-state index in [1.165, 1.54) is 12.4 Å². The summed E-state index contributed by atoms with van der Waals surface area (Å²) in [5.41, 5.74) is 1.22. The minimum absolute atomic E-state index is 0.104. The van der Waals surface area contributed by atoms with Crippen molar-refractivity contribution >= 4 is 28.9 Å². The number of hydrogen-bond acceptors (Lipinski definition) is 3. The summed E-state index contributed by atoms with van der Waals surface area (Å²) in [4.78, 5) is 14.8. The average molecular weight is 249 g/mol. The highest BCUT2D eigenvalue weighted by Crippen LogP contribution is 2.26. The Hall–Kier alpha value is -2.07. The van der Waals surface area contributed by atoms with Gasteiger partial charge in [-0.25, -0.2) is 4.79 Å². The number of hydrogen-bond donors (Lipinski definition) is 2. The molecule has 17 heavy (non-hydrogen) atoms. The van der Waals surface area contributed by atoms with Crippen molar-refractivity contribution in [3.8, 4) is 0 Å². The van der Waals surface area contributed by atoms with Gasteiger partial charge in [0, 0.05) is 12.4 Å². The van der Waals surface area contributed by atoms with Crippen LogP contribution in [-0.4, -0.2) is 16.1 Å². The van der Waals surface area contributed by atoms with Crippen LogP contribution in [0.25, 0.3) is 0 Å². The lowest BCUT2D eigenvalue weighted by Gasteiger charge is -2.10. The highest BCUT2D eigenvalue weighted by Gasteiger charge is 2.10. The molecular weight excluding hydrogens is 240 g/mol. The molecule has 0 amide bonds. The van der Waals surface area contributed by atoms with Crippen LogP contribution in [0, 0.1) is 0 Å². The fraction of sp³-hybridized carbons (Fsp3) is 0. The second kappa shape index (κ2) is 4.84. The van der Waals surface area contributed by atoms with Gasteiger partial charge in [0.2, 0.25) is 0 Å². The van der Waals surface area contributed by atoms with Gasteiger partial charge in [-0.3, -0.25) is 4.98 Å². The van der Waals surface area contributed by atoms with Crippen LogP contribution in [0.4, 0.5) is 11.4 Å². The molecule has 0 unspecified atom stereocenters. The Balaban J connectivity index is 2.37. The highest BCUT2D eigenvalue weighted by atomic mass is 35.5. The van der Waals surface area contributed by atoms with Crippen molar-refractivity contribution in [2.45, 2.75) is 0 Å². The van der Waals surface area contributed by atoms with E-state index in [0.29, 0.717) is 16.4 Å². The minimum atomic E-state index is -1.03. The largest absolute Gasteiger partial charge is 0.478 e. The first kappa shape index (κ1) is 11.4. The van der Waals surface area contributed by atoms with Crippen LogP contribution in [-0.2, 0) is 0 Å². The van der Waals surface area contributed by atoms with E-state index in [1.54, 1.807) is 24.3 Å². The number of aromatic nitrogens is 1. The molecule has 2 aromatic rings. The van der Waals surface area contributed by atoms with Gasteiger partial charge >= 0.3 is 5.97 Å². The topological polar surface area (TPSA) is 62.2 Å².